The minimum atomic E-state index is -0.684. The Kier molecular flexibility index (Phi) is 6.59. The number of piperidine rings is 1. The first kappa shape index (κ1) is 23.7. The summed E-state index contributed by atoms with van der Waals surface area (Å²) in [4.78, 5) is 44.2. The molecule has 0 spiro atoms. The third-order valence-electron chi connectivity index (χ3n) is 6.37. The van der Waals surface area contributed by atoms with Gasteiger partial charge in [0.15, 0.2) is 0 Å². The van der Waals surface area contributed by atoms with Crippen LogP contribution < -0.4 is 10.6 Å². The Labute approximate surface area is 200 Å². The first-order valence-corrected chi connectivity index (χ1v) is 11.7. The van der Waals surface area contributed by atoms with Gasteiger partial charge in [-0.25, -0.2) is 9.78 Å². The average molecular weight is 465 g/mol. The molecule has 2 fully saturated rings. The minimum absolute atomic E-state index is 0.0848. The number of amides is 3. The highest BCUT2D eigenvalue weighted by Crippen LogP contribution is 2.47. The van der Waals surface area contributed by atoms with Crippen LogP contribution in [0.1, 0.15) is 57.2 Å². The van der Waals surface area contributed by atoms with Crippen LogP contribution in [-0.4, -0.2) is 39.9 Å². The van der Waals surface area contributed by atoms with Crippen LogP contribution in [0.5, 0.6) is 0 Å². The monoisotopic (exact) mass is 464 g/mol. The van der Waals surface area contributed by atoms with Gasteiger partial charge in [0.2, 0.25) is 0 Å². The molecular formula is C26H32N4O4. The highest BCUT2D eigenvalue weighted by molar-refractivity contribution is 6.39. The van der Waals surface area contributed by atoms with Crippen LogP contribution in [0.25, 0.3) is 0 Å². The smallest absolute Gasteiger partial charge is 0.413 e. The molecule has 2 heterocycles. The van der Waals surface area contributed by atoms with Gasteiger partial charge in [0.05, 0.1) is 17.9 Å². The number of rotatable bonds is 3. The molecular weight excluding hydrogens is 432 g/mol. The van der Waals surface area contributed by atoms with Crippen LogP contribution in [0, 0.1) is 18.8 Å². The topological polar surface area (TPSA) is 101 Å². The van der Waals surface area contributed by atoms with Crippen LogP contribution in [0.15, 0.2) is 42.6 Å². The second-order valence-corrected chi connectivity index (χ2v) is 10.2. The zero-order valence-corrected chi connectivity index (χ0v) is 20.1. The van der Waals surface area contributed by atoms with Gasteiger partial charge >= 0.3 is 17.9 Å². The summed E-state index contributed by atoms with van der Waals surface area (Å²) in [7, 11) is 0. The van der Waals surface area contributed by atoms with Crippen molar-refractivity contribution in [3.8, 4) is 0 Å². The molecule has 3 atom stereocenters. The van der Waals surface area contributed by atoms with Gasteiger partial charge in [-0.1, -0.05) is 30.3 Å². The van der Waals surface area contributed by atoms with Gasteiger partial charge in [-0.3, -0.25) is 14.9 Å². The number of fused-ring (bicyclic) bond motifs is 2. The molecule has 2 bridgehead atoms. The maximum absolute atomic E-state index is 13.3. The highest BCUT2D eigenvalue weighted by atomic mass is 16.6. The van der Waals surface area contributed by atoms with E-state index in [9.17, 15) is 14.4 Å². The standard InChI is InChI=1S/C26H32N4O4/c1-16-12-20(14-27-22(16)29-25(33)34-26(2,3)4)28-23(31)24(32)30-15-17-10-11-19(13-17)21(30)18-8-6-5-7-9-18/h5-9,12,14,17,19,21H,10-11,13,15H2,1-4H3,(H,28,31)(H,27,29,33)/t17-,19+,21+/m0/s1. The SMILES string of the molecule is Cc1cc(NC(=O)C(=O)N2C[C@H]3CC[C@H](C3)[C@H]2c2ccccc2)cnc1NC(=O)OC(C)(C)C. The van der Waals surface area contributed by atoms with Gasteiger partial charge in [0.25, 0.3) is 0 Å². The van der Waals surface area contributed by atoms with E-state index in [0.717, 1.165) is 24.8 Å². The van der Waals surface area contributed by atoms with Crippen molar-refractivity contribution in [3.05, 3.63) is 53.7 Å². The number of anilines is 2. The molecule has 1 aromatic carbocycles. The lowest BCUT2D eigenvalue weighted by molar-refractivity contribution is -0.147. The fourth-order valence-corrected chi connectivity index (χ4v) is 5.01. The second kappa shape index (κ2) is 9.44. The number of benzene rings is 1. The number of pyridine rings is 1. The van der Waals surface area contributed by atoms with E-state index in [1.807, 2.05) is 30.3 Å². The molecule has 2 aliphatic rings. The fraction of sp³-hybridized carbons (Fsp3) is 0.462. The van der Waals surface area contributed by atoms with Crippen LogP contribution in [0.3, 0.4) is 0 Å². The van der Waals surface area contributed by atoms with Crippen molar-refractivity contribution < 1.29 is 19.1 Å². The molecule has 1 aromatic heterocycles. The summed E-state index contributed by atoms with van der Waals surface area (Å²) in [5, 5.41) is 5.29. The van der Waals surface area contributed by atoms with Crippen LogP contribution >= 0.6 is 0 Å². The number of ether oxygens (including phenoxy) is 1. The predicted octanol–water partition coefficient (Wildman–Crippen LogP) is 4.68. The largest absolute Gasteiger partial charge is 0.444 e. The highest BCUT2D eigenvalue weighted by Gasteiger charge is 2.44. The molecule has 1 saturated carbocycles. The van der Waals surface area contributed by atoms with E-state index in [-0.39, 0.29) is 6.04 Å². The van der Waals surface area contributed by atoms with Crippen molar-refractivity contribution in [2.24, 2.45) is 11.8 Å². The first-order chi connectivity index (χ1) is 16.1. The molecule has 4 rings (SSSR count). The Morgan fingerprint density at radius 1 is 1.09 bits per heavy atom. The number of nitrogens with one attached hydrogen (secondary N) is 2. The summed E-state index contributed by atoms with van der Waals surface area (Å²) >= 11 is 0. The number of carbonyl (C=O) groups is 3. The summed E-state index contributed by atoms with van der Waals surface area (Å²) in [5.41, 5.74) is 1.47. The van der Waals surface area contributed by atoms with E-state index in [1.54, 1.807) is 38.7 Å². The average Bonchev–Trinajstić information content (AvgIpc) is 3.15. The molecule has 0 radical (unpaired) electrons. The van der Waals surface area contributed by atoms with Gasteiger partial charge in [0, 0.05) is 6.54 Å². The third-order valence-corrected chi connectivity index (χ3v) is 6.37. The zero-order chi connectivity index (χ0) is 24.5. The second-order valence-electron chi connectivity index (χ2n) is 10.2. The quantitative estimate of drug-likeness (QED) is 0.643. The lowest BCUT2D eigenvalue weighted by atomic mass is 9.86. The molecule has 1 aliphatic heterocycles. The van der Waals surface area contributed by atoms with Gasteiger partial charge in [-0.2, -0.15) is 0 Å². The summed E-state index contributed by atoms with van der Waals surface area (Å²) in [6.45, 7) is 7.68. The molecule has 2 aromatic rings. The van der Waals surface area contributed by atoms with Crippen molar-refractivity contribution in [2.45, 2.75) is 58.6 Å². The third kappa shape index (κ3) is 5.38. The number of hydrogen-bond acceptors (Lipinski definition) is 5. The fourth-order valence-electron chi connectivity index (χ4n) is 5.01. The summed E-state index contributed by atoms with van der Waals surface area (Å²) in [6, 6.07) is 11.6. The Balaban J connectivity index is 1.45. The maximum atomic E-state index is 13.3. The number of hydrogen-bond donors (Lipinski definition) is 2. The number of aromatic nitrogens is 1. The molecule has 3 amide bonds. The van der Waals surface area contributed by atoms with Gasteiger partial charge in [-0.15, -0.1) is 0 Å². The molecule has 1 aliphatic carbocycles. The number of nitrogens with zero attached hydrogens (tertiary/aromatic N) is 2. The van der Waals surface area contributed by atoms with Gasteiger partial charge in [-0.05, 0) is 76.0 Å². The van der Waals surface area contributed by atoms with E-state index in [4.69, 9.17) is 4.74 Å². The normalized spacial score (nSPS) is 21.6. The first-order valence-electron chi connectivity index (χ1n) is 11.7. The van der Waals surface area contributed by atoms with Crippen molar-refractivity contribution >= 4 is 29.4 Å². The number of likely N-dealkylation sites (tertiary alicyclic amines) is 1. The molecule has 34 heavy (non-hydrogen) atoms. The number of aryl methyl sites for hydroxylation is 1. The van der Waals surface area contributed by atoms with Gasteiger partial charge in [0.1, 0.15) is 11.4 Å². The van der Waals surface area contributed by atoms with Crippen LogP contribution in [0.4, 0.5) is 16.3 Å². The summed E-state index contributed by atoms with van der Waals surface area (Å²) in [5.74, 6) is -0.0606. The molecule has 0 unspecified atom stereocenters. The Bertz CT molecular complexity index is 1080. The maximum Gasteiger partial charge on any atom is 0.413 e. The Morgan fingerprint density at radius 2 is 1.82 bits per heavy atom. The van der Waals surface area contributed by atoms with Crippen molar-refractivity contribution in [1.82, 2.24) is 9.88 Å². The van der Waals surface area contributed by atoms with E-state index in [0.29, 0.717) is 35.4 Å². The van der Waals surface area contributed by atoms with Crippen LogP contribution in [-0.2, 0) is 14.3 Å². The molecule has 2 N–H and O–H groups in total. The van der Waals surface area contributed by atoms with E-state index in [1.165, 1.54) is 6.20 Å². The number of carbonyl (C=O) groups excluding carboxylic acids is 3. The van der Waals surface area contributed by atoms with Crippen LogP contribution in [0.2, 0.25) is 0 Å². The molecule has 1 saturated heterocycles. The zero-order valence-electron chi connectivity index (χ0n) is 20.1. The lowest BCUT2D eigenvalue weighted by Gasteiger charge is -2.40. The Morgan fingerprint density at radius 3 is 2.50 bits per heavy atom. The molecule has 180 valence electrons. The van der Waals surface area contributed by atoms with E-state index < -0.39 is 23.5 Å². The van der Waals surface area contributed by atoms with E-state index in [2.05, 4.69) is 15.6 Å². The van der Waals surface area contributed by atoms with Crippen molar-refractivity contribution in [2.75, 3.05) is 17.2 Å². The summed E-state index contributed by atoms with van der Waals surface area (Å²) in [6.07, 6.45) is 4.07. The van der Waals surface area contributed by atoms with Crippen molar-refractivity contribution in [1.29, 1.82) is 0 Å². The van der Waals surface area contributed by atoms with E-state index >= 15 is 0 Å². The minimum Gasteiger partial charge on any atom is -0.444 e. The predicted molar refractivity (Wildman–Crippen MR) is 129 cm³/mol. The Hall–Kier alpha value is -3.42. The van der Waals surface area contributed by atoms with Gasteiger partial charge < -0.3 is 15.0 Å². The van der Waals surface area contributed by atoms with Crippen molar-refractivity contribution in [3.63, 3.8) is 0 Å². The molecule has 8 nitrogen and oxygen atoms in total. The summed E-state index contributed by atoms with van der Waals surface area (Å²) < 4.78 is 5.25. The molecule has 8 heteroatoms. The lowest BCUT2D eigenvalue weighted by Crippen LogP contribution is -2.47.